The zero-order valence-electron chi connectivity index (χ0n) is 21.3. The largest absolute Gasteiger partial charge is 0.436 e. The second kappa shape index (κ2) is 11.4. The van der Waals surface area contributed by atoms with Crippen molar-refractivity contribution in [2.45, 2.75) is 38.0 Å². The molecular weight excluding hydrogens is 530 g/mol. The van der Waals surface area contributed by atoms with E-state index in [1.54, 1.807) is 12.4 Å². The third kappa shape index (κ3) is 5.64. The fraction of sp³-hybridized carbons (Fsp3) is 0.385. The molecule has 1 aliphatic rings. The number of nitrogens with one attached hydrogen (secondary N) is 1. The average molecular weight is 556 g/mol. The van der Waals surface area contributed by atoms with E-state index in [2.05, 4.69) is 36.0 Å². The van der Waals surface area contributed by atoms with Crippen molar-refractivity contribution in [3.05, 3.63) is 60.3 Å². The van der Waals surface area contributed by atoms with E-state index in [-0.39, 0.29) is 19.1 Å². The highest BCUT2D eigenvalue weighted by molar-refractivity contribution is 5.94. The SMILES string of the molecule is N#CCCC[C@@H](Cn1cc(-c2ncnc3[nH]ccc23)cn1)N1CCN(C(=O)c2ccnc(C(F)(F)F)c2F)CC1. The normalized spacial score (nSPS) is 15.3. The Morgan fingerprint density at radius 2 is 1.95 bits per heavy atom. The molecule has 0 aromatic carbocycles. The van der Waals surface area contributed by atoms with Gasteiger partial charge < -0.3 is 9.88 Å². The van der Waals surface area contributed by atoms with E-state index in [1.165, 1.54) is 11.2 Å². The van der Waals surface area contributed by atoms with Crippen LogP contribution in [0.4, 0.5) is 17.6 Å². The van der Waals surface area contributed by atoms with Gasteiger partial charge in [0.05, 0.1) is 30.1 Å². The number of carbonyl (C=O) groups is 1. The number of halogens is 4. The Labute approximate surface area is 226 Å². The van der Waals surface area contributed by atoms with Gasteiger partial charge in [-0.2, -0.15) is 23.5 Å². The monoisotopic (exact) mass is 555 g/mol. The molecule has 1 fully saturated rings. The Bertz CT molecular complexity index is 1530. The molecule has 0 bridgehead atoms. The zero-order valence-corrected chi connectivity index (χ0v) is 21.3. The molecule has 0 saturated carbocycles. The van der Waals surface area contributed by atoms with Crippen LogP contribution in [-0.2, 0) is 12.7 Å². The van der Waals surface area contributed by atoms with E-state index < -0.39 is 29.2 Å². The molecule has 1 N–H and O–H groups in total. The number of alkyl halides is 3. The van der Waals surface area contributed by atoms with E-state index in [4.69, 9.17) is 5.26 Å². The number of hydrogen-bond acceptors (Lipinski definition) is 7. The van der Waals surface area contributed by atoms with Gasteiger partial charge in [0.25, 0.3) is 5.91 Å². The van der Waals surface area contributed by atoms with Crippen LogP contribution in [0.5, 0.6) is 0 Å². The third-order valence-electron chi connectivity index (χ3n) is 6.99. The summed E-state index contributed by atoms with van der Waals surface area (Å²) in [6.07, 6.45) is 4.48. The van der Waals surface area contributed by atoms with Crippen molar-refractivity contribution < 1.29 is 22.4 Å². The second-order valence-electron chi connectivity index (χ2n) is 9.46. The Kier molecular flexibility index (Phi) is 7.74. The van der Waals surface area contributed by atoms with Crippen molar-refractivity contribution in [1.82, 2.24) is 39.5 Å². The number of nitriles is 1. The van der Waals surface area contributed by atoms with Crippen LogP contribution in [-0.4, -0.2) is 77.6 Å². The summed E-state index contributed by atoms with van der Waals surface area (Å²) in [7, 11) is 0. The first-order valence-electron chi connectivity index (χ1n) is 12.7. The highest BCUT2D eigenvalue weighted by atomic mass is 19.4. The number of rotatable bonds is 8. The molecule has 0 aliphatic carbocycles. The molecule has 0 radical (unpaired) electrons. The maximum absolute atomic E-state index is 14.5. The maximum Gasteiger partial charge on any atom is 0.436 e. The number of H-pyrrole nitrogens is 1. The van der Waals surface area contributed by atoms with Crippen molar-refractivity contribution in [2.24, 2.45) is 0 Å². The summed E-state index contributed by atoms with van der Waals surface area (Å²) in [6, 6.07) is 5.02. The molecule has 4 aromatic rings. The van der Waals surface area contributed by atoms with Crippen LogP contribution in [0.1, 0.15) is 35.3 Å². The predicted octanol–water partition coefficient (Wildman–Crippen LogP) is 3.89. The number of nitrogens with zero attached hydrogens (tertiary/aromatic N) is 8. The number of unbranched alkanes of at least 4 members (excludes halogenated alkanes) is 1. The van der Waals surface area contributed by atoms with E-state index in [0.717, 1.165) is 34.6 Å². The van der Waals surface area contributed by atoms with Gasteiger partial charge >= 0.3 is 6.18 Å². The van der Waals surface area contributed by atoms with Gasteiger partial charge in [-0.25, -0.2) is 19.3 Å². The Balaban J connectivity index is 1.27. The van der Waals surface area contributed by atoms with E-state index in [1.807, 2.05) is 16.9 Å². The maximum atomic E-state index is 14.5. The van der Waals surface area contributed by atoms with E-state index >= 15 is 0 Å². The van der Waals surface area contributed by atoms with Crippen LogP contribution in [0.3, 0.4) is 0 Å². The molecule has 10 nitrogen and oxygen atoms in total. The molecule has 208 valence electrons. The topological polar surface area (TPSA) is 120 Å². The van der Waals surface area contributed by atoms with E-state index in [0.29, 0.717) is 38.9 Å². The van der Waals surface area contributed by atoms with Gasteiger partial charge in [-0.05, 0) is 25.0 Å². The van der Waals surface area contributed by atoms with E-state index in [9.17, 15) is 22.4 Å². The molecule has 5 heterocycles. The van der Waals surface area contributed by atoms with Gasteiger partial charge in [-0.15, -0.1) is 0 Å². The molecule has 0 unspecified atom stereocenters. The summed E-state index contributed by atoms with van der Waals surface area (Å²) in [5.41, 5.74) is -0.0432. The van der Waals surface area contributed by atoms with Crippen LogP contribution >= 0.6 is 0 Å². The van der Waals surface area contributed by atoms with Crippen LogP contribution in [0.25, 0.3) is 22.3 Å². The van der Waals surface area contributed by atoms with Crippen LogP contribution < -0.4 is 0 Å². The number of hydrogen-bond donors (Lipinski definition) is 1. The molecule has 1 atom stereocenters. The average Bonchev–Trinajstić information content (AvgIpc) is 3.62. The molecule has 1 aliphatic heterocycles. The molecule has 0 spiro atoms. The van der Waals surface area contributed by atoms with Crippen LogP contribution in [0, 0.1) is 17.1 Å². The molecule has 40 heavy (non-hydrogen) atoms. The summed E-state index contributed by atoms with van der Waals surface area (Å²) in [5.74, 6) is -2.46. The van der Waals surface area contributed by atoms with Crippen molar-refractivity contribution in [1.29, 1.82) is 5.26 Å². The standard InChI is InChI=1S/C26H25F4N9O/c27-21-19(4-7-32-23(21)26(28,29)30)25(40)38-11-9-37(10-12-38)18(3-1-2-6-31)15-39-14-17(13-36-39)22-20-5-8-33-24(20)35-16-34-22/h4-5,7-8,13-14,16,18H,1-3,9-12,15H2,(H,33,34,35)/t18-/m0/s1. The lowest BCUT2D eigenvalue weighted by Gasteiger charge is -2.39. The fourth-order valence-corrected chi connectivity index (χ4v) is 4.98. The smallest absolute Gasteiger partial charge is 0.346 e. The predicted molar refractivity (Wildman–Crippen MR) is 135 cm³/mol. The summed E-state index contributed by atoms with van der Waals surface area (Å²) in [4.78, 5) is 31.2. The van der Waals surface area contributed by atoms with Gasteiger partial charge in [0, 0.05) is 68.2 Å². The lowest BCUT2D eigenvalue weighted by molar-refractivity contribution is -0.143. The molecule has 1 saturated heterocycles. The van der Waals surface area contributed by atoms with Gasteiger partial charge in [-0.1, -0.05) is 0 Å². The summed E-state index contributed by atoms with van der Waals surface area (Å²) in [5, 5.41) is 14.4. The summed E-state index contributed by atoms with van der Waals surface area (Å²) < 4.78 is 55.5. The fourth-order valence-electron chi connectivity index (χ4n) is 4.98. The highest BCUT2D eigenvalue weighted by Crippen LogP contribution is 2.31. The number of aromatic amines is 1. The minimum atomic E-state index is -5.00. The quantitative estimate of drug-likeness (QED) is 0.259. The van der Waals surface area contributed by atoms with Crippen molar-refractivity contribution in [3.63, 3.8) is 0 Å². The van der Waals surface area contributed by atoms with Gasteiger partial charge in [0.15, 0.2) is 11.5 Å². The number of pyridine rings is 1. The molecular formula is C26H25F4N9O. The number of piperazine rings is 1. The van der Waals surface area contributed by atoms with Gasteiger partial charge in [-0.3, -0.25) is 14.4 Å². The Morgan fingerprint density at radius 3 is 2.70 bits per heavy atom. The minimum Gasteiger partial charge on any atom is -0.346 e. The first-order chi connectivity index (χ1) is 19.3. The summed E-state index contributed by atoms with van der Waals surface area (Å²) >= 11 is 0. The van der Waals surface area contributed by atoms with Crippen molar-refractivity contribution in [3.8, 4) is 17.3 Å². The molecule has 14 heteroatoms. The lowest BCUT2D eigenvalue weighted by atomic mass is 10.1. The third-order valence-corrected chi connectivity index (χ3v) is 6.99. The minimum absolute atomic E-state index is 0.00878. The lowest BCUT2D eigenvalue weighted by Crippen LogP contribution is -2.53. The van der Waals surface area contributed by atoms with Crippen LogP contribution in [0.2, 0.25) is 0 Å². The first-order valence-corrected chi connectivity index (χ1v) is 12.7. The van der Waals surface area contributed by atoms with Crippen LogP contribution in [0.15, 0.2) is 43.2 Å². The van der Waals surface area contributed by atoms with Gasteiger partial charge in [0.1, 0.15) is 12.0 Å². The van der Waals surface area contributed by atoms with Gasteiger partial charge in [0.2, 0.25) is 0 Å². The summed E-state index contributed by atoms with van der Waals surface area (Å²) in [6.45, 7) is 1.83. The highest BCUT2D eigenvalue weighted by Gasteiger charge is 2.38. The molecule has 4 aromatic heterocycles. The number of amides is 1. The Hall–Kier alpha value is -4.38. The Morgan fingerprint density at radius 1 is 1.15 bits per heavy atom. The first kappa shape index (κ1) is 27.2. The van der Waals surface area contributed by atoms with Crippen molar-refractivity contribution >= 4 is 16.9 Å². The second-order valence-corrected chi connectivity index (χ2v) is 9.46. The molecule has 1 amide bonds. The molecule has 5 rings (SSSR count). The number of aromatic nitrogens is 6. The van der Waals surface area contributed by atoms with Crippen molar-refractivity contribution in [2.75, 3.05) is 26.2 Å². The zero-order chi connectivity index (χ0) is 28.3. The number of carbonyl (C=O) groups excluding carboxylic acids is 1. The number of fused-ring (bicyclic) bond motifs is 1.